The van der Waals surface area contributed by atoms with Crippen LogP contribution in [0.1, 0.15) is 0 Å². The van der Waals surface area contributed by atoms with Gasteiger partial charge in [0.1, 0.15) is 0 Å². The number of rotatable bonds is 1. The van der Waals surface area contributed by atoms with Crippen LogP contribution in [0.25, 0.3) is 0 Å². The summed E-state index contributed by atoms with van der Waals surface area (Å²) in [5.41, 5.74) is 0. The van der Waals surface area contributed by atoms with Gasteiger partial charge in [0.25, 0.3) is 0 Å². The summed E-state index contributed by atoms with van der Waals surface area (Å²) in [5.74, 6) is 1.64. The quantitative estimate of drug-likeness (QED) is 0.375. The third-order valence-corrected chi connectivity index (χ3v) is 0.167. The summed E-state index contributed by atoms with van der Waals surface area (Å²) in [6.07, 6.45) is 0. The molecule has 0 heterocycles. The van der Waals surface area contributed by atoms with E-state index in [1.165, 1.54) is 0 Å². The van der Waals surface area contributed by atoms with Crippen molar-refractivity contribution in [1.29, 1.82) is 0 Å². The first-order chi connectivity index (χ1) is 1.91. The Hall–Kier alpha value is -0.325. The fraction of sp³-hybridized carbons (Fsp3) is 0. The molecule has 0 unspecified atom stereocenters. The summed E-state index contributed by atoms with van der Waals surface area (Å²) < 4.78 is 0. The molecule has 0 aromatic heterocycles. The van der Waals surface area contributed by atoms with E-state index in [-0.39, 0.29) is 0 Å². The van der Waals surface area contributed by atoms with Crippen LogP contribution >= 0.6 is 0 Å². The van der Waals surface area contributed by atoms with Crippen molar-refractivity contribution in [1.82, 2.24) is 0 Å². The van der Waals surface area contributed by atoms with Crippen molar-refractivity contribution in [3.8, 4) is 0 Å². The molecule has 0 aromatic rings. The zero-order valence-electron chi connectivity index (χ0n) is 2.57. The molecule has 0 amide bonds. The Morgan fingerprint density at radius 3 is 2.00 bits per heavy atom. The van der Waals surface area contributed by atoms with Crippen LogP contribution in [0.15, 0.2) is 12.6 Å². The van der Waals surface area contributed by atoms with Gasteiger partial charge in [-0.1, -0.05) is 0 Å². The van der Waals surface area contributed by atoms with Crippen molar-refractivity contribution < 1.29 is 0 Å². The molecule has 0 rings (SSSR count). The van der Waals surface area contributed by atoms with Crippen LogP contribution in [-0.2, 0) is 0 Å². The Labute approximate surface area is 27.1 Å². The van der Waals surface area contributed by atoms with Crippen LogP contribution in [0.4, 0.5) is 0 Å². The Morgan fingerprint density at radius 1 is 1.75 bits per heavy atom. The van der Waals surface area contributed by atoms with Gasteiger partial charge in [-0.2, -0.15) is 0 Å². The van der Waals surface area contributed by atoms with E-state index in [0.717, 1.165) is 0 Å². The van der Waals surface area contributed by atoms with Crippen LogP contribution < -0.4 is 0 Å². The molecule has 1 heteroatoms. The molecule has 0 saturated carbocycles. The van der Waals surface area contributed by atoms with E-state index >= 15 is 0 Å². The first-order valence-corrected chi connectivity index (χ1v) is 1.15. The fourth-order valence-electron chi connectivity index (χ4n) is 0. The van der Waals surface area contributed by atoms with Gasteiger partial charge < -0.3 is 0 Å². The van der Waals surface area contributed by atoms with Gasteiger partial charge in [-0.15, -0.1) is 0 Å². The second kappa shape index (κ2) is 2.67. The topological polar surface area (TPSA) is 0 Å². The fourth-order valence-corrected chi connectivity index (χ4v) is 0. The molecule has 0 aliphatic rings. The Balaban J connectivity index is 2.73. The van der Waals surface area contributed by atoms with Gasteiger partial charge in [0.15, 0.2) is 0 Å². The standard InChI is InChI=1S/C3H5B/c1-3-4-2/h3H,1-2H2. The summed E-state index contributed by atoms with van der Waals surface area (Å²) in [6.45, 7) is 8.36. The van der Waals surface area contributed by atoms with Crippen molar-refractivity contribution in [2.45, 2.75) is 0 Å². The van der Waals surface area contributed by atoms with Crippen molar-refractivity contribution in [3.63, 3.8) is 0 Å². The third-order valence-electron chi connectivity index (χ3n) is 0.167. The van der Waals surface area contributed by atoms with Crippen LogP contribution in [0.5, 0.6) is 0 Å². The van der Waals surface area contributed by atoms with E-state index in [9.17, 15) is 0 Å². The molecule has 0 atom stereocenters. The molecule has 4 heavy (non-hydrogen) atoms. The van der Waals surface area contributed by atoms with Crippen molar-refractivity contribution in [3.05, 3.63) is 12.6 Å². The maximum absolute atomic E-state index is 3.36. The Morgan fingerprint density at radius 2 is 2.00 bits per heavy atom. The molecule has 0 aliphatic heterocycles. The summed E-state index contributed by atoms with van der Waals surface area (Å²) in [6, 6.07) is 0. The van der Waals surface area contributed by atoms with Crippen LogP contribution in [0.2, 0.25) is 0 Å². The SMILES string of the molecule is C=BC=C. The summed E-state index contributed by atoms with van der Waals surface area (Å²) in [7, 11) is 0. The number of hydrogen-bond acceptors (Lipinski definition) is 0. The minimum absolute atomic E-state index is 1.64. The average Bonchev–Trinajstić information content (AvgIpc) is 1.37. The average molecular weight is 51.9 g/mol. The van der Waals surface area contributed by atoms with Crippen molar-refractivity contribution in [2.75, 3.05) is 0 Å². The van der Waals surface area contributed by atoms with Gasteiger partial charge in [0, 0.05) is 0 Å². The molecule has 0 aliphatic carbocycles. The molecule has 0 saturated heterocycles. The molecule has 0 nitrogen and oxygen atoms in total. The first-order valence-electron chi connectivity index (χ1n) is 1.15. The second-order valence-corrected chi connectivity index (χ2v) is 0.471. The third kappa shape index (κ3) is 1.67. The second-order valence-electron chi connectivity index (χ2n) is 0.471. The molecule has 0 radical (unpaired) electrons. The molecule has 0 aromatic carbocycles. The first kappa shape index (κ1) is 3.67. The molecule has 20 valence electrons. The van der Waals surface area contributed by atoms with E-state index in [2.05, 4.69) is 13.0 Å². The monoisotopic (exact) mass is 52.0 g/mol. The molecule has 0 N–H and O–H groups in total. The van der Waals surface area contributed by atoms with E-state index in [0.29, 0.717) is 0 Å². The van der Waals surface area contributed by atoms with E-state index in [4.69, 9.17) is 0 Å². The Bertz CT molecular complexity index is 24.3. The molecule has 0 bridgehead atoms. The van der Waals surface area contributed by atoms with E-state index in [1.54, 1.807) is 12.9 Å². The molecule has 0 fully saturated rings. The summed E-state index contributed by atoms with van der Waals surface area (Å²) in [5, 5.41) is 0. The van der Waals surface area contributed by atoms with Gasteiger partial charge >= 0.3 is 25.9 Å². The normalized spacial score (nSPS) is 4.00. The van der Waals surface area contributed by atoms with Gasteiger partial charge in [0.05, 0.1) is 0 Å². The van der Waals surface area contributed by atoms with Gasteiger partial charge in [0.2, 0.25) is 0 Å². The molecular formula is C3H5B. The number of hydrogen-bond donors (Lipinski definition) is 0. The predicted octanol–water partition coefficient (Wildman–Crippen LogP) is 0.266. The minimum atomic E-state index is 1.64. The Kier molecular flexibility index (Phi) is 2.46. The van der Waals surface area contributed by atoms with E-state index < -0.39 is 0 Å². The maximum atomic E-state index is 3.36. The van der Waals surface area contributed by atoms with Crippen molar-refractivity contribution >= 4 is 13.4 Å². The van der Waals surface area contributed by atoms with Gasteiger partial charge in [-0.3, -0.25) is 0 Å². The van der Waals surface area contributed by atoms with Crippen LogP contribution in [-0.4, -0.2) is 13.4 Å². The molecule has 0 spiro atoms. The summed E-state index contributed by atoms with van der Waals surface area (Å²) in [4.78, 5) is 0. The predicted molar refractivity (Wildman–Crippen MR) is 23.1 cm³/mol. The van der Waals surface area contributed by atoms with Gasteiger partial charge in [-0.25, -0.2) is 0 Å². The van der Waals surface area contributed by atoms with Crippen LogP contribution in [0, 0.1) is 0 Å². The van der Waals surface area contributed by atoms with E-state index in [1.807, 2.05) is 0 Å². The zero-order valence-corrected chi connectivity index (χ0v) is 2.57. The zero-order chi connectivity index (χ0) is 3.41. The van der Waals surface area contributed by atoms with Gasteiger partial charge in [-0.05, 0) is 0 Å². The summed E-state index contributed by atoms with van der Waals surface area (Å²) >= 11 is 0. The molecular weight excluding hydrogens is 46.8 g/mol. The van der Waals surface area contributed by atoms with Crippen LogP contribution in [0.3, 0.4) is 0 Å². The van der Waals surface area contributed by atoms with Crippen molar-refractivity contribution in [2.24, 2.45) is 0 Å².